The predicted octanol–water partition coefficient (Wildman–Crippen LogP) is 1.51. The van der Waals surface area contributed by atoms with Crippen molar-refractivity contribution in [3.05, 3.63) is 30.1 Å². The lowest BCUT2D eigenvalue weighted by Gasteiger charge is -2.26. The molecule has 2 aromatic heterocycles. The van der Waals surface area contributed by atoms with E-state index in [0.29, 0.717) is 17.4 Å². The van der Waals surface area contributed by atoms with Gasteiger partial charge in [0.05, 0.1) is 12.4 Å². The Morgan fingerprint density at radius 3 is 3.09 bits per heavy atom. The van der Waals surface area contributed by atoms with Crippen molar-refractivity contribution in [2.45, 2.75) is 37.6 Å². The van der Waals surface area contributed by atoms with E-state index in [0.717, 1.165) is 42.5 Å². The lowest BCUT2D eigenvalue weighted by molar-refractivity contribution is 0.388. The van der Waals surface area contributed by atoms with E-state index >= 15 is 0 Å². The van der Waals surface area contributed by atoms with Crippen molar-refractivity contribution in [1.29, 1.82) is 0 Å². The van der Waals surface area contributed by atoms with Gasteiger partial charge in [0.15, 0.2) is 5.65 Å². The largest absolute Gasteiger partial charge is 0.384 e. The van der Waals surface area contributed by atoms with Gasteiger partial charge in [-0.3, -0.25) is 0 Å². The average Bonchev–Trinajstić information content (AvgIpc) is 2.97. The van der Waals surface area contributed by atoms with E-state index in [2.05, 4.69) is 22.2 Å². The second kappa shape index (κ2) is 6.37. The van der Waals surface area contributed by atoms with Gasteiger partial charge in [-0.05, 0) is 24.8 Å². The summed E-state index contributed by atoms with van der Waals surface area (Å²) in [5.74, 6) is 0.932. The molecular weight excluding hydrogens is 290 g/mol. The number of allylic oxidation sites excluding steroid dienone is 1. The van der Waals surface area contributed by atoms with Gasteiger partial charge in [-0.2, -0.15) is 14.7 Å². The fraction of sp³-hybridized carbons (Fsp3) is 0.438. The predicted molar refractivity (Wildman–Crippen MR) is 93.2 cm³/mol. The normalized spacial score (nSPS) is 21.8. The van der Waals surface area contributed by atoms with Crippen molar-refractivity contribution in [3.63, 3.8) is 0 Å². The number of hydrogen-bond acceptors (Lipinski definition) is 6. The summed E-state index contributed by atoms with van der Waals surface area (Å²) in [6.45, 7) is 4.03. The topological polar surface area (TPSA) is 107 Å². The number of nitrogens with one attached hydrogen (secondary N) is 1. The minimum Gasteiger partial charge on any atom is -0.384 e. The van der Waals surface area contributed by atoms with Gasteiger partial charge in [-0.15, -0.1) is 0 Å². The van der Waals surface area contributed by atoms with Crippen LogP contribution in [0.5, 0.6) is 0 Å². The first-order valence-corrected chi connectivity index (χ1v) is 7.89. The van der Waals surface area contributed by atoms with Crippen LogP contribution in [0.4, 0.5) is 5.82 Å². The summed E-state index contributed by atoms with van der Waals surface area (Å²) < 4.78 is 1.64. The molecule has 7 heteroatoms. The standard InChI is InChI=1S/C16H23N7/c1-10(8-20-19-2)13-9-21-23-15(18)7-14(22-16(13)23)11-4-3-5-12(17)6-11/h7-9,11-12,19H,1,3-6,17-18H2,2H3/b20-8-. The molecule has 0 aliphatic heterocycles. The molecule has 1 fully saturated rings. The minimum atomic E-state index is 0.245. The van der Waals surface area contributed by atoms with Crippen LogP contribution in [0.15, 0.2) is 23.9 Å². The number of hydrazone groups is 1. The zero-order valence-electron chi connectivity index (χ0n) is 13.4. The quantitative estimate of drug-likeness (QED) is 0.586. The second-order valence-corrected chi connectivity index (χ2v) is 6.03. The number of anilines is 1. The number of hydrogen-bond donors (Lipinski definition) is 3. The molecule has 1 aliphatic carbocycles. The van der Waals surface area contributed by atoms with Gasteiger partial charge in [-0.25, -0.2) is 4.98 Å². The maximum atomic E-state index is 6.17. The molecule has 0 saturated heterocycles. The molecule has 0 radical (unpaired) electrons. The number of nitrogens with two attached hydrogens (primary N) is 2. The van der Waals surface area contributed by atoms with Gasteiger partial charge in [0.1, 0.15) is 5.82 Å². The lowest BCUT2D eigenvalue weighted by atomic mass is 9.84. The summed E-state index contributed by atoms with van der Waals surface area (Å²) in [5, 5.41) is 8.30. The van der Waals surface area contributed by atoms with E-state index in [9.17, 15) is 0 Å². The Kier molecular flexibility index (Phi) is 4.29. The van der Waals surface area contributed by atoms with Crippen molar-refractivity contribution in [2.24, 2.45) is 10.8 Å². The number of aromatic nitrogens is 3. The molecule has 1 saturated carbocycles. The van der Waals surface area contributed by atoms with Crippen LogP contribution in [0.2, 0.25) is 0 Å². The Hall–Kier alpha value is -2.41. The van der Waals surface area contributed by atoms with Gasteiger partial charge < -0.3 is 16.9 Å². The van der Waals surface area contributed by atoms with Crippen LogP contribution in [0.25, 0.3) is 11.2 Å². The Morgan fingerprint density at radius 1 is 1.52 bits per heavy atom. The summed E-state index contributed by atoms with van der Waals surface area (Å²) >= 11 is 0. The van der Waals surface area contributed by atoms with E-state index in [4.69, 9.17) is 16.5 Å². The monoisotopic (exact) mass is 313 g/mol. The molecular formula is C16H23N7. The highest BCUT2D eigenvalue weighted by Gasteiger charge is 2.23. The Labute approximate surface area is 135 Å². The molecule has 3 rings (SSSR count). The van der Waals surface area contributed by atoms with Crippen molar-refractivity contribution in [2.75, 3.05) is 12.8 Å². The average molecular weight is 313 g/mol. The molecule has 0 amide bonds. The third-order valence-electron chi connectivity index (χ3n) is 4.35. The Morgan fingerprint density at radius 2 is 2.35 bits per heavy atom. The van der Waals surface area contributed by atoms with Crippen LogP contribution in [0, 0.1) is 0 Å². The van der Waals surface area contributed by atoms with Gasteiger partial charge in [0.25, 0.3) is 0 Å². The third kappa shape index (κ3) is 3.05. The highest BCUT2D eigenvalue weighted by atomic mass is 15.3. The Balaban J connectivity index is 2.01. The van der Waals surface area contributed by atoms with Gasteiger partial charge in [0.2, 0.25) is 0 Å². The van der Waals surface area contributed by atoms with E-state index in [1.54, 1.807) is 24.0 Å². The van der Waals surface area contributed by atoms with Gasteiger partial charge in [0, 0.05) is 36.3 Å². The molecule has 2 atom stereocenters. The first kappa shape index (κ1) is 15.5. The van der Waals surface area contributed by atoms with Crippen molar-refractivity contribution in [3.8, 4) is 0 Å². The number of nitrogen functional groups attached to an aromatic ring is 1. The molecule has 7 nitrogen and oxygen atoms in total. The molecule has 1 aliphatic rings. The van der Waals surface area contributed by atoms with E-state index in [-0.39, 0.29) is 6.04 Å². The molecule has 0 aromatic carbocycles. The first-order valence-electron chi connectivity index (χ1n) is 7.89. The van der Waals surface area contributed by atoms with E-state index in [1.807, 2.05) is 6.07 Å². The minimum absolute atomic E-state index is 0.245. The molecule has 2 aromatic rings. The van der Waals surface area contributed by atoms with Crippen LogP contribution in [-0.4, -0.2) is 33.9 Å². The molecule has 0 spiro atoms. The highest BCUT2D eigenvalue weighted by Crippen LogP contribution is 2.32. The fourth-order valence-corrected chi connectivity index (χ4v) is 3.15. The number of nitrogens with zero attached hydrogens (tertiary/aromatic N) is 4. The maximum absolute atomic E-state index is 6.17. The van der Waals surface area contributed by atoms with Crippen molar-refractivity contribution < 1.29 is 0 Å². The van der Waals surface area contributed by atoms with Crippen molar-refractivity contribution >= 4 is 23.3 Å². The van der Waals surface area contributed by atoms with Crippen LogP contribution < -0.4 is 16.9 Å². The molecule has 5 N–H and O–H groups in total. The van der Waals surface area contributed by atoms with Crippen LogP contribution in [0.3, 0.4) is 0 Å². The fourth-order valence-electron chi connectivity index (χ4n) is 3.15. The first-order chi connectivity index (χ1) is 11.1. The van der Waals surface area contributed by atoms with Gasteiger partial charge >= 0.3 is 0 Å². The number of fused-ring (bicyclic) bond motifs is 1. The molecule has 2 heterocycles. The van der Waals surface area contributed by atoms with Crippen LogP contribution >= 0.6 is 0 Å². The SMILES string of the molecule is C=C(/C=N\NC)c1cnn2c(N)cc(C3CCCC(N)C3)nc12. The summed E-state index contributed by atoms with van der Waals surface area (Å²) in [5.41, 5.74) is 18.3. The van der Waals surface area contributed by atoms with E-state index < -0.39 is 0 Å². The van der Waals surface area contributed by atoms with Gasteiger partial charge in [-0.1, -0.05) is 13.0 Å². The van der Waals surface area contributed by atoms with Crippen molar-refractivity contribution in [1.82, 2.24) is 20.0 Å². The molecule has 122 valence electrons. The summed E-state index contributed by atoms with van der Waals surface area (Å²) in [6.07, 6.45) is 7.64. The maximum Gasteiger partial charge on any atom is 0.165 e. The zero-order valence-corrected chi connectivity index (χ0v) is 13.4. The second-order valence-electron chi connectivity index (χ2n) is 6.03. The zero-order chi connectivity index (χ0) is 16.4. The lowest BCUT2D eigenvalue weighted by Crippen LogP contribution is -2.27. The molecule has 23 heavy (non-hydrogen) atoms. The van der Waals surface area contributed by atoms with Crippen LogP contribution in [-0.2, 0) is 0 Å². The summed E-state index contributed by atoms with van der Waals surface area (Å²) in [6, 6.07) is 2.16. The van der Waals surface area contributed by atoms with E-state index in [1.165, 1.54) is 0 Å². The smallest absolute Gasteiger partial charge is 0.165 e. The van der Waals surface area contributed by atoms with Crippen LogP contribution in [0.1, 0.15) is 42.9 Å². The summed E-state index contributed by atoms with van der Waals surface area (Å²) in [4.78, 5) is 4.81. The summed E-state index contributed by atoms with van der Waals surface area (Å²) in [7, 11) is 1.74. The third-order valence-corrected chi connectivity index (χ3v) is 4.35. The highest BCUT2D eigenvalue weighted by molar-refractivity contribution is 6.10. The molecule has 0 bridgehead atoms. The molecule has 2 unspecified atom stereocenters. The number of rotatable bonds is 4. The Bertz CT molecular complexity index is 746.